The van der Waals surface area contributed by atoms with Crippen LogP contribution in [0.1, 0.15) is 52.4 Å². The summed E-state index contributed by atoms with van der Waals surface area (Å²) in [7, 11) is 0. The highest BCUT2D eigenvalue weighted by Gasteiger charge is 2.33. The van der Waals surface area contributed by atoms with Crippen molar-refractivity contribution in [3.63, 3.8) is 0 Å². The number of nitrogens with two attached hydrogens (primary N) is 1. The van der Waals surface area contributed by atoms with Crippen LogP contribution < -0.4 is 11.1 Å². The third-order valence-corrected chi connectivity index (χ3v) is 3.81. The van der Waals surface area contributed by atoms with Crippen molar-refractivity contribution in [2.24, 2.45) is 11.1 Å². The van der Waals surface area contributed by atoms with Crippen molar-refractivity contribution in [1.82, 2.24) is 5.32 Å². The number of hydrogen-bond donors (Lipinski definition) is 2. The summed E-state index contributed by atoms with van der Waals surface area (Å²) in [5.41, 5.74) is 5.89. The number of nitrogens with one attached hydrogen (secondary N) is 1. The first kappa shape index (κ1) is 15.4. The van der Waals surface area contributed by atoms with E-state index in [4.69, 9.17) is 10.5 Å². The molecule has 0 bridgehead atoms. The summed E-state index contributed by atoms with van der Waals surface area (Å²) < 4.78 is 5.46. The van der Waals surface area contributed by atoms with E-state index in [1.54, 1.807) is 0 Å². The van der Waals surface area contributed by atoms with Gasteiger partial charge in [-0.3, -0.25) is 4.79 Å². The average Bonchev–Trinajstić information content (AvgIpc) is 2.75. The normalized spacial score (nSPS) is 19.7. The summed E-state index contributed by atoms with van der Waals surface area (Å²) >= 11 is 0. The Hall–Kier alpha value is -0.610. The summed E-state index contributed by atoms with van der Waals surface area (Å²) in [6.07, 6.45) is 6.43. The van der Waals surface area contributed by atoms with E-state index in [0.717, 1.165) is 26.2 Å². The highest BCUT2D eigenvalue weighted by atomic mass is 16.5. The summed E-state index contributed by atoms with van der Waals surface area (Å²) in [6.45, 7) is 6.24. The lowest BCUT2D eigenvalue weighted by atomic mass is 9.83. The second kappa shape index (κ2) is 7.74. The third kappa shape index (κ3) is 5.36. The zero-order valence-electron chi connectivity index (χ0n) is 11.8. The zero-order chi connectivity index (χ0) is 13.4. The van der Waals surface area contributed by atoms with Crippen LogP contribution in [0.2, 0.25) is 0 Å². The van der Waals surface area contributed by atoms with Crippen LogP contribution in [0.15, 0.2) is 0 Å². The Kier molecular flexibility index (Phi) is 6.65. The molecular formula is C14H28N2O2. The SMILES string of the molecule is CCOCCC1(CNC(=O)CC(C)N)CCCC1. The smallest absolute Gasteiger partial charge is 0.221 e. The van der Waals surface area contributed by atoms with Crippen LogP contribution in [0, 0.1) is 5.41 Å². The van der Waals surface area contributed by atoms with Crippen LogP contribution in [-0.2, 0) is 9.53 Å². The van der Waals surface area contributed by atoms with Crippen molar-refractivity contribution in [3.05, 3.63) is 0 Å². The number of carbonyl (C=O) groups is 1. The molecule has 3 N–H and O–H groups in total. The van der Waals surface area contributed by atoms with Crippen LogP contribution in [-0.4, -0.2) is 31.7 Å². The van der Waals surface area contributed by atoms with Gasteiger partial charge in [0.25, 0.3) is 0 Å². The molecule has 0 aromatic carbocycles. The van der Waals surface area contributed by atoms with Gasteiger partial charge in [-0.15, -0.1) is 0 Å². The second-order valence-corrected chi connectivity index (χ2v) is 5.61. The van der Waals surface area contributed by atoms with Crippen molar-refractivity contribution < 1.29 is 9.53 Å². The Labute approximate surface area is 111 Å². The number of hydrogen-bond acceptors (Lipinski definition) is 3. The van der Waals surface area contributed by atoms with E-state index >= 15 is 0 Å². The summed E-state index contributed by atoms with van der Waals surface area (Å²) in [5, 5.41) is 3.05. The molecule has 1 aliphatic carbocycles. The van der Waals surface area contributed by atoms with E-state index < -0.39 is 0 Å². The van der Waals surface area contributed by atoms with Crippen LogP contribution in [0.5, 0.6) is 0 Å². The van der Waals surface area contributed by atoms with Gasteiger partial charge in [-0.05, 0) is 38.5 Å². The molecule has 1 saturated carbocycles. The fourth-order valence-electron chi connectivity index (χ4n) is 2.72. The molecule has 0 saturated heterocycles. The van der Waals surface area contributed by atoms with E-state index in [2.05, 4.69) is 5.32 Å². The van der Waals surface area contributed by atoms with E-state index in [9.17, 15) is 4.79 Å². The van der Waals surface area contributed by atoms with Gasteiger partial charge in [-0.25, -0.2) is 0 Å². The Morgan fingerprint density at radius 1 is 1.44 bits per heavy atom. The summed E-state index contributed by atoms with van der Waals surface area (Å²) in [5.74, 6) is 0.0766. The second-order valence-electron chi connectivity index (χ2n) is 5.61. The maximum absolute atomic E-state index is 11.7. The van der Waals surface area contributed by atoms with Crippen molar-refractivity contribution in [2.45, 2.75) is 58.4 Å². The number of carbonyl (C=O) groups excluding carboxylic acids is 1. The first-order valence-electron chi connectivity index (χ1n) is 7.18. The minimum absolute atomic E-state index is 0.0621. The van der Waals surface area contributed by atoms with Crippen LogP contribution >= 0.6 is 0 Å². The Bertz CT molecular complexity index is 248. The molecule has 1 aliphatic rings. The lowest BCUT2D eigenvalue weighted by Crippen LogP contribution is -2.38. The molecule has 1 unspecified atom stereocenters. The maximum atomic E-state index is 11.7. The Morgan fingerprint density at radius 3 is 2.67 bits per heavy atom. The van der Waals surface area contributed by atoms with Gasteiger partial charge >= 0.3 is 0 Å². The molecule has 18 heavy (non-hydrogen) atoms. The molecule has 1 atom stereocenters. The van der Waals surface area contributed by atoms with Crippen LogP contribution in [0.4, 0.5) is 0 Å². The highest BCUT2D eigenvalue weighted by molar-refractivity contribution is 5.76. The minimum Gasteiger partial charge on any atom is -0.382 e. The van der Waals surface area contributed by atoms with E-state index in [-0.39, 0.29) is 17.4 Å². The van der Waals surface area contributed by atoms with Crippen molar-refractivity contribution in [2.75, 3.05) is 19.8 Å². The van der Waals surface area contributed by atoms with Crippen molar-refractivity contribution in [3.8, 4) is 0 Å². The molecule has 1 amide bonds. The van der Waals surface area contributed by atoms with E-state index in [0.29, 0.717) is 6.42 Å². The molecular weight excluding hydrogens is 228 g/mol. The van der Waals surface area contributed by atoms with Gasteiger partial charge in [0, 0.05) is 32.2 Å². The fourth-order valence-corrected chi connectivity index (χ4v) is 2.72. The molecule has 0 aromatic heterocycles. The van der Waals surface area contributed by atoms with E-state index in [1.165, 1.54) is 25.7 Å². The van der Waals surface area contributed by atoms with Crippen LogP contribution in [0.25, 0.3) is 0 Å². The van der Waals surface area contributed by atoms with Crippen molar-refractivity contribution in [1.29, 1.82) is 0 Å². The molecule has 0 heterocycles. The molecule has 0 radical (unpaired) electrons. The first-order valence-corrected chi connectivity index (χ1v) is 7.18. The van der Waals surface area contributed by atoms with Gasteiger partial charge in [0.05, 0.1) is 0 Å². The molecule has 1 rings (SSSR count). The summed E-state index contributed by atoms with van der Waals surface area (Å²) in [6, 6.07) is -0.0621. The Morgan fingerprint density at radius 2 is 2.11 bits per heavy atom. The Balaban J connectivity index is 2.35. The minimum atomic E-state index is -0.0621. The monoisotopic (exact) mass is 256 g/mol. The van der Waals surface area contributed by atoms with Gasteiger partial charge in [0.2, 0.25) is 5.91 Å². The molecule has 0 aromatic rings. The third-order valence-electron chi connectivity index (χ3n) is 3.81. The predicted octanol–water partition coefficient (Wildman–Crippen LogP) is 1.83. The van der Waals surface area contributed by atoms with E-state index in [1.807, 2.05) is 13.8 Å². The molecule has 106 valence electrons. The summed E-state index contributed by atoms with van der Waals surface area (Å²) in [4.78, 5) is 11.7. The number of rotatable bonds is 8. The highest BCUT2D eigenvalue weighted by Crippen LogP contribution is 2.40. The molecule has 4 nitrogen and oxygen atoms in total. The van der Waals surface area contributed by atoms with Crippen molar-refractivity contribution >= 4 is 5.91 Å². The van der Waals surface area contributed by atoms with Gasteiger partial charge < -0.3 is 15.8 Å². The maximum Gasteiger partial charge on any atom is 0.221 e. The average molecular weight is 256 g/mol. The largest absolute Gasteiger partial charge is 0.382 e. The molecule has 0 aliphatic heterocycles. The van der Waals surface area contributed by atoms with Gasteiger partial charge in [-0.1, -0.05) is 12.8 Å². The fraction of sp³-hybridized carbons (Fsp3) is 0.929. The number of ether oxygens (including phenoxy) is 1. The first-order chi connectivity index (χ1) is 8.58. The standard InChI is InChI=1S/C14H28N2O2/c1-3-18-9-8-14(6-4-5-7-14)11-16-13(17)10-12(2)15/h12H,3-11,15H2,1-2H3,(H,16,17). The lowest BCUT2D eigenvalue weighted by molar-refractivity contribution is -0.121. The van der Waals surface area contributed by atoms with Gasteiger partial charge in [0.1, 0.15) is 0 Å². The van der Waals surface area contributed by atoms with Gasteiger partial charge in [0.15, 0.2) is 0 Å². The molecule has 1 fully saturated rings. The van der Waals surface area contributed by atoms with Gasteiger partial charge in [-0.2, -0.15) is 0 Å². The quantitative estimate of drug-likeness (QED) is 0.651. The number of amides is 1. The van der Waals surface area contributed by atoms with Crippen LogP contribution in [0.3, 0.4) is 0 Å². The zero-order valence-corrected chi connectivity index (χ0v) is 11.8. The molecule has 4 heteroatoms. The lowest BCUT2D eigenvalue weighted by Gasteiger charge is -2.29. The topological polar surface area (TPSA) is 64.3 Å². The molecule has 0 spiro atoms. The predicted molar refractivity (Wildman–Crippen MR) is 73.3 cm³/mol.